The van der Waals surface area contributed by atoms with Crippen molar-refractivity contribution in [1.82, 2.24) is 19.6 Å². The maximum Gasteiger partial charge on any atom is 0.301 e. The molecule has 44 heavy (non-hydrogen) atoms. The quantitative estimate of drug-likeness (QED) is 0.0418. The van der Waals surface area contributed by atoms with Crippen LogP contribution in [0.25, 0.3) is 11.4 Å². The molecular formula is C33H31N5O4S2. The van der Waals surface area contributed by atoms with E-state index in [1.54, 1.807) is 17.5 Å². The van der Waals surface area contributed by atoms with Crippen molar-refractivity contribution in [2.75, 3.05) is 11.5 Å². The van der Waals surface area contributed by atoms with Crippen LogP contribution in [0, 0.1) is 6.92 Å². The zero-order chi connectivity index (χ0) is 30.6. The maximum absolute atomic E-state index is 13.7. The van der Waals surface area contributed by atoms with E-state index in [0.29, 0.717) is 45.0 Å². The van der Waals surface area contributed by atoms with E-state index >= 15 is 0 Å². The van der Waals surface area contributed by atoms with Crippen LogP contribution < -0.4 is 9.64 Å². The number of aliphatic hydroxyl groups excluding tert-OH is 1. The largest absolute Gasteiger partial charge is 0.505 e. The number of nitrogens with zero attached hydrogens (tertiary/aromatic N) is 5. The number of fused-ring (bicyclic) bond motifs is 1. The summed E-state index contributed by atoms with van der Waals surface area (Å²) in [6, 6.07) is 21.8. The predicted molar refractivity (Wildman–Crippen MR) is 172 cm³/mol. The number of carbonyl (C=O) groups excluding carboxylic acids is 2. The molecule has 5 aromatic rings. The Morgan fingerprint density at radius 3 is 2.55 bits per heavy atom. The highest BCUT2D eigenvalue weighted by Crippen LogP contribution is 2.44. The number of ether oxygens (including phenoxy) is 1. The van der Waals surface area contributed by atoms with Crippen molar-refractivity contribution < 1.29 is 19.4 Å². The first-order valence-electron chi connectivity index (χ1n) is 14.4. The van der Waals surface area contributed by atoms with Gasteiger partial charge in [0, 0.05) is 11.9 Å². The minimum atomic E-state index is -0.933. The molecular weight excluding hydrogens is 595 g/mol. The summed E-state index contributed by atoms with van der Waals surface area (Å²) in [5.41, 5.74) is 3.24. The van der Waals surface area contributed by atoms with E-state index in [0.717, 1.165) is 24.8 Å². The molecule has 1 N–H and O–H groups in total. The lowest BCUT2D eigenvalue weighted by atomic mass is 9.96. The Morgan fingerprint density at radius 2 is 1.77 bits per heavy atom. The van der Waals surface area contributed by atoms with Gasteiger partial charge in [0.1, 0.15) is 17.1 Å². The number of carbonyl (C=O) groups is 2. The molecule has 1 unspecified atom stereocenters. The number of imidazole rings is 1. The number of benzene rings is 2. The number of aliphatic hydroxyl groups is 1. The van der Waals surface area contributed by atoms with E-state index < -0.39 is 17.7 Å². The first-order valence-corrected chi connectivity index (χ1v) is 16.2. The molecule has 1 aliphatic rings. The van der Waals surface area contributed by atoms with Gasteiger partial charge in [-0.2, -0.15) is 0 Å². The van der Waals surface area contributed by atoms with Gasteiger partial charge in [0.05, 0.1) is 23.9 Å². The minimum Gasteiger partial charge on any atom is -0.505 e. The highest BCUT2D eigenvalue weighted by Gasteiger charge is 2.49. The monoisotopic (exact) mass is 625 g/mol. The van der Waals surface area contributed by atoms with Gasteiger partial charge in [0.15, 0.2) is 10.1 Å². The number of rotatable bonds is 11. The number of Topliss-reactive ketones (excluding diaryl/α,β-unsaturated/α-hetero) is 1. The summed E-state index contributed by atoms with van der Waals surface area (Å²) in [5.74, 6) is -0.500. The van der Waals surface area contributed by atoms with Crippen LogP contribution in [0.5, 0.6) is 5.75 Å². The molecule has 1 saturated heterocycles. The van der Waals surface area contributed by atoms with Crippen molar-refractivity contribution >= 4 is 51.3 Å². The van der Waals surface area contributed by atoms with Gasteiger partial charge < -0.3 is 9.84 Å². The summed E-state index contributed by atoms with van der Waals surface area (Å²) in [7, 11) is 0. The van der Waals surface area contributed by atoms with E-state index in [1.807, 2.05) is 72.8 Å². The summed E-state index contributed by atoms with van der Waals surface area (Å²) in [5, 5.41) is 20.7. The number of hydrogen-bond acceptors (Lipinski definition) is 9. The smallest absolute Gasteiger partial charge is 0.301 e. The van der Waals surface area contributed by atoms with Gasteiger partial charge in [-0.1, -0.05) is 91.4 Å². The van der Waals surface area contributed by atoms with Gasteiger partial charge in [0.25, 0.3) is 5.78 Å². The first kappa shape index (κ1) is 29.6. The fourth-order valence-electron chi connectivity index (χ4n) is 5.24. The number of ketones is 1. The van der Waals surface area contributed by atoms with Crippen LogP contribution in [0.3, 0.4) is 0 Å². The lowest BCUT2D eigenvalue weighted by molar-refractivity contribution is -0.132. The molecule has 0 spiro atoms. The van der Waals surface area contributed by atoms with Gasteiger partial charge >= 0.3 is 5.91 Å². The fraction of sp³-hybridized carbons (Fsp3) is 0.242. The second-order valence-corrected chi connectivity index (χ2v) is 12.6. The summed E-state index contributed by atoms with van der Waals surface area (Å²) in [6.45, 7) is 4.51. The van der Waals surface area contributed by atoms with Gasteiger partial charge in [-0.3, -0.25) is 18.9 Å². The van der Waals surface area contributed by atoms with Crippen LogP contribution in [-0.4, -0.2) is 43.0 Å². The Morgan fingerprint density at radius 1 is 1.00 bits per heavy atom. The average molecular weight is 626 g/mol. The molecule has 6 rings (SSSR count). The Balaban J connectivity index is 1.40. The van der Waals surface area contributed by atoms with Gasteiger partial charge in [0.2, 0.25) is 5.13 Å². The lowest BCUT2D eigenvalue weighted by Crippen LogP contribution is -2.29. The van der Waals surface area contributed by atoms with Gasteiger partial charge in [-0.05, 0) is 48.7 Å². The van der Waals surface area contributed by atoms with E-state index in [-0.39, 0.29) is 16.5 Å². The van der Waals surface area contributed by atoms with Crippen LogP contribution >= 0.6 is 23.1 Å². The van der Waals surface area contributed by atoms with Crippen LogP contribution in [0.4, 0.5) is 5.13 Å². The third-order valence-electron chi connectivity index (χ3n) is 7.39. The van der Waals surface area contributed by atoms with E-state index in [9.17, 15) is 14.7 Å². The molecule has 3 aromatic heterocycles. The molecule has 1 atom stereocenters. The Kier molecular flexibility index (Phi) is 8.76. The van der Waals surface area contributed by atoms with Crippen molar-refractivity contribution in [3.63, 3.8) is 0 Å². The summed E-state index contributed by atoms with van der Waals surface area (Å²) in [4.78, 5) is 33.3. The molecule has 1 fully saturated rings. The van der Waals surface area contributed by atoms with Crippen LogP contribution in [0.15, 0.2) is 88.9 Å². The lowest BCUT2D eigenvalue weighted by Gasteiger charge is -2.22. The molecule has 224 valence electrons. The molecule has 11 heteroatoms. The predicted octanol–water partition coefficient (Wildman–Crippen LogP) is 6.98. The molecule has 4 heterocycles. The molecule has 9 nitrogen and oxygen atoms in total. The van der Waals surface area contributed by atoms with Crippen molar-refractivity contribution in [2.24, 2.45) is 0 Å². The molecule has 1 amide bonds. The van der Waals surface area contributed by atoms with Crippen molar-refractivity contribution in [3.8, 4) is 5.75 Å². The van der Waals surface area contributed by atoms with Crippen LogP contribution in [0.1, 0.15) is 54.7 Å². The maximum atomic E-state index is 13.7. The summed E-state index contributed by atoms with van der Waals surface area (Å²) < 4.78 is 8.28. The van der Waals surface area contributed by atoms with Crippen LogP contribution in [-0.2, 0) is 15.3 Å². The number of amides is 1. The fourth-order valence-corrected chi connectivity index (χ4v) is 7.06. The second-order valence-electron chi connectivity index (χ2n) is 10.4. The molecule has 2 aromatic carbocycles. The molecule has 0 saturated carbocycles. The average Bonchev–Trinajstić information content (AvgIpc) is 3.72. The third-order valence-corrected chi connectivity index (χ3v) is 9.52. The number of thioether (sulfide) groups is 1. The second kappa shape index (κ2) is 13.0. The number of pyridine rings is 1. The summed E-state index contributed by atoms with van der Waals surface area (Å²) >= 11 is 2.74. The number of aromatic nitrogens is 4. The Labute approximate surface area is 263 Å². The van der Waals surface area contributed by atoms with Crippen molar-refractivity contribution in [3.05, 3.63) is 107 Å². The highest BCUT2D eigenvalue weighted by atomic mass is 32.2. The van der Waals surface area contributed by atoms with E-state index in [1.165, 1.54) is 28.0 Å². The number of aryl methyl sites for hydroxylation is 1. The zero-order valence-corrected chi connectivity index (χ0v) is 26.0. The molecule has 0 aliphatic carbocycles. The normalized spacial score (nSPS) is 16.2. The topological polar surface area (TPSA) is 110 Å². The van der Waals surface area contributed by atoms with E-state index in [4.69, 9.17) is 4.74 Å². The number of unbranched alkanes of at least 4 members (excludes halogenated alkanes) is 2. The van der Waals surface area contributed by atoms with E-state index in [2.05, 4.69) is 22.1 Å². The molecule has 0 radical (unpaired) electrons. The van der Waals surface area contributed by atoms with Crippen molar-refractivity contribution in [1.29, 1.82) is 0 Å². The third kappa shape index (κ3) is 5.85. The van der Waals surface area contributed by atoms with Gasteiger partial charge in [-0.25, -0.2) is 4.98 Å². The zero-order valence-electron chi connectivity index (χ0n) is 24.3. The molecule has 0 bridgehead atoms. The number of anilines is 1. The van der Waals surface area contributed by atoms with Crippen molar-refractivity contribution in [2.45, 2.75) is 49.2 Å². The van der Waals surface area contributed by atoms with Crippen LogP contribution in [0.2, 0.25) is 0 Å². The SMILES string of the molecule is CCCCCOc1ccc(C2/C(=C(\O)c3c(C)nc4ccccn34)C(=O)C(=O)N2c2nnc(SCc3ccccc3)s2)cc1. The Hall–Kier alpha value is -4.48. The number of hydrogen-bond donors (Lipinski definition) is 1. The minimum absolute atomic E-state index is 0.0333. The highest BCUT2D eigenvalue weighted by molar-refractivity contribution is 8.00. The standard InChI is InChI=1S/C33H31N5O4S2/c1-3-4-10-19-42-24-16-14-23(15-17-24)28-26(29(39)27-21(2)34-25-13-8-9-18-37(25)27)30(40)31(41)38(28)32-35-36-33(44-32)43-20-22-11-6-5-7-12-22/h5-9,11-18,28,39H,3-4,10,19-20H2,1-2H3/b29-26+. The Bertz CT molecular complexity index is 1830. The molecule has 1 aliphatic heterocycles. The van der Waals surface area contributed by atoms with Gasteiger partial charge in [-0.15, -0.1) is 10.2 Å². The summed E-state index contributed by atoms with van der Waals surface area (Å²) in [6.07, 6.45) is 4.91. The first-order chi connectivity index (χ1) is 21.5.